The number of para-hydroxylation sites is 1. The van der Waals surface area contributed by atoms with Gasteiger partial charge in [0.2, 0.25) is 0 Å². The number of fused-ring (bicyclic) bond motifs is 9. The molecule has 0 amide bonds. The maximum absolute atomic E-state index is 6.55. The van der Waals surface area contributed by atoms with Gasteiger partial charge in [0.05, 0.1) is 5.69 Å². The molecule has 0 aliphatic carbocycles. The van der Waals surface area contributed by atoms with Crippen LogP contribution in [0.15, 0.2) is 209 Å². The van der Waals surface area contributed by atoms with E-state index in [4.69, 9.17) is 8.83 Å². The zero-order chi connectivity index (χ0) is 38.2. The van der Waals surface area contributed by atoms with Crippen LogP contribution in [0.3, 0.4) is 0 Å². The highest BCUT2D eigenvalue weighted by Crippen LogP contribution is 2.50. The van der Waals surface area contributed by atoms with Gasteiger partial charge in [-0.3, -0.25) is 0 Å². The summed E-state index contributed by atoms with van der Waals surface area (Å²) in [5.74, 6) is 0. The van der Waals surface area contributed by atoms with E-state index in [2.05, 4.69) is 187 Å². The van der Waals surface area contributed by atoms with Gasteiger partial charge in [0.15, 0.2) is 0 Å². The average Bonchev–Trinajstić information content (AvgIpc) is 3.98. The number of hydrogen-bond acceptors (Lipinski definition) is 4. The first-order chi connectivity index (χ1) is 28.7. The third-order valence-electron chi connectivity index (χ3n) is 11.5. The van der Waals surface area contributed by atoms with Gasteiger partial charge in [-0.25, -0.2) is 0 Å². The molecule has 0 saturated heterocycles. The fourth-order valence-corrected chi connectivity index (χ4v) is 10.00. The Balaban J connectivity index is 1.12. The molecule has 0 saturated carbocycles. The third kappa shape index (κ3) is 5.27. The summed E-state index contributed by atoms with van der Waals surface area (Å²) in [5.41, 5.74) is 13.8. The van der Waals surface area contributed by atoms with E-state index in [9.17, 15) is 0 Å². The molecule has 0 spiro atoms. The Morgan fingerprint density at radius 3 is 1.55 bits per heavy atom. The van der Waals surface area contributed by atoms with E-state index in [1.165, 1.54) is 48.0 Å². The minimum Gasteiger partial charge on any atom is -0.456 e. The quantitative estimate of drug-likeness (QED) is 0.169. The SMILES string of the molecule is c1ccc(-c2ccc3c(c2)oc2ccc(N(c4ccc5oc6ccccc6c5c4)c4ccc(-c5ccccc5)c5sc6cc(-c7ccccc7)ccc6c45)cc23)cc1. The van der Waals surface area contributed by atoms with Crippen molar-refractivity contribution in [3.05, 3.63) is 200 Å². The number of thiophene rings is 1. The molecular formula is C54H33NO2S. The lowest BCUT2D eigenvalue weighted by atomic mass is 9.98. The van der Waals surface area contributed by atoms with Gasteiger partial charge in [-0.15, -0.1) is 11.3 Å². The summed E-state index contributed by atoms with van der Waals surface area (Å²) in [6.45, 7) is 0. The number of hydrogen-bond donors (Lipinski definition) is 0. The topological polar surface area (TPSA) is 29.5 Å². The summed E-state index contributed by atoms with van der Waals surface area (Å²) >= 11 is 1.87. The first-order valence-corrected chi connectivity index (χ1v) is 20.4. The highest BCUT2D eigenvalue weighted by molar-refractivity contribution is 7.26. The zero-order valence-corrected chi connectivity index (χ0v) is 32.0. The van der Waals surface area contributed by atoms with Gasteiger partial charge >= 0.3 is 0 Å². The maximum atomic E-state index is 6.55. The van der Waals surface area contributed by atoms with Crippen LogP contribution < -0.4 is 4.90 Å². The largest absolute Gasteiger partial charge is 0.456 e. The summed E-state index contributed by atoms with van der Waals surface area (Å²) in [6.07, 6.45) is 0. The number of nitrogens with zero attached hydrogens (tertiary/aromatic N) is 1. The van der Waals surface area contributed by atoms with Gasteiger partial charge < -0.3 is 13.7 Å². The third-order valence-corrected chi connectivity index (χ3v) is 12.7. The second-order valence-corrected chi connectivity index (χ2v) is 15.9. The molecule has 0 radical (unpaired) electrons. The van der Waals surface area contributed by atoms with E-state index >= 15 is 0 Å². The van der Waals surface area contributed by atoms with E-state index in [0.717, 1.165) is 66.5 Å². The molecule has 58 heavy (non-hydrogen) atoms. The lowest BCUT2D eigenvalue weighted by Crippen LogP contribution is -2.10. The fraction of sp³-hybridized carbons (Fsp3) is 0. The first-order valence-electron chi connectivity index (χ1n) is 19.6. The second kappa shape index (κ2) is 13.1. The molecular weight excluding hydrogens is 727 g/mol. The van der Waals surface area contributed by atoms with Gasteiger partial charge in [0.25, 0.3) is 0 Å². The minimum absolute atomic E-state index is 0.860. The molecule has 12 rings (SSSR count). The predicted molar refractivity (Wildman–Crippen MR) is 245 cm³/mol. The molecule has 9 aromatic carbocycles. The van der Waals surface area contributed by atoms with Crippen molar-refractivity contribution in [3.8, 4) is 33.4 Å². The Hall–Kier alpha value is -7.40. The number of furan rings is 2. The van der Waals surface area contributed by atoms with Gasteiger partial charge in [-0.1, -0.05) is 133 Å². The Labute approximate surface area is 338 Å². The van der Waals surface area contributed by atoms with Crippen molar-refractivity contribution in [2.45, 2.75) is 0 Å². The van der Waals surface area contributed by atoms with Crippen LogP contribution >= 0.6 is 11.3 Å². The van der Waals surface area contributed by atoms with E-state index in [-0.39, 0.29) is 0 Å². The number of rotatable bonds is 6. The molecule has 0 aliphatic rings. The van der Waals surface area contributed by atoms with Crippen LogP contribution in [0.5, 0.6) is 0 Å². The Bertz CT molecular complexity index is 3510. The van der Waals surface area contributed by atoms with E-state index in [0.29, 0.717) is 0 Å². The predicted octanol–water partition coefficient (Wildman–Crippen LogP) is 16.3. The smallest absolute Gasteiger partial charge is 0.136 e. The molecule has 3 aromatic heterocycles. The Kier molecular flexibility index (Phi) is 7.40. The lowest BCUT2D eigenvalue weighted by molar-refractivity contribution is 0.668. The van der Waals surface area contributed by atoms with Gasteiger partial charge in [0, 0.05) is 53.1 Å². The summed E-state index contributed by atoms with van der Waals surface area (Å²) in [7, 11) is 0. The molecule has 3 nitrogen and oxygen atoms in total. The van der Waals surface area contributed by atoms with E-state index in [1.54, 1.807) is 0 Å². The molecule has 272 valence electrons. The van der Waals surface area contributed by atoms with Crippen molar-refractivity contribution < 1.29 is 8.83 Å². The molecule has 12 aromatic rings. The summed E-state index contributed by atoms with van der Waals surface area (Å²) < 4.78 is 15.4. The first kappa shape index (κ1) is 32.8. The van der Waals surface area contributed by atoms with Crippen molar-refractivity contribution in [2.75, 3.05) is 4.90 Å². The molecule has 0 bridgehead atoms. The standard InChI is InChI=1S/C54H33NO2S/c1-4-12-34(13-5-1)37-20-24-43-46-33-40(23-29-50(46)57-51(43)30-37)55(39-22-28-49-45(32-39)42-18-10-11-19-48(42)56-49)47-27-26-41(36-16-8-3-9-17-36)54-53(47)44-25-21-38(31-52(44)58-54)35-14-6-2-7-15-35/h1-33H. The summed E-state index contributed by atoms with van der Waals surface area (Å²) in [6, 6.07) is 71.5. The average molecular weight is 760 g/mol. The van der Waals surface area contributed by atoms with Crippen LogP contribution in [0, 0.1) is 0 Å². The van der Waals surface area contributed by atoms with Crippen molar-refractivity contribution >= 4 is 92.4 Å². The number of benzene rings is 9. The second-order valence-electron chi connectivity index (χ2n) is 14.9. The van der Waals surface area contributed by atoms with Crippen LogP contribution in [0.25, 0.3) is 97.4 Å². The molecule has 0 unspecified atom stereocenters. The monoisotopic (exact) mass is 759 g/mol. The van der Waals surface area contributed by atoms with Crippen molar-refractivity contribution in [2.24, 2.45) is 0 Å². The molecule has 3 heterocycles. The van der Waals surface area contributed by atoms with Crippen molar-refractivity contribution in [3.63, 3.8) is 0 Å². The van der Waals surface area contributed by atoms with Crippen LogP contribution in [0.4, 0.5) is 17.1 Å². The van der Waals surface area contributed by atoms with Crippen LogP contribution in [-0.2, 0) is 0 Å². The minimum atomic E-state index is 0.860. The summed E-state index contributed by atoms with van der Waals surface area (Å²) in [5, 5.41) is 6.81. The van der Waals surface area contributed by atoms with Crippen LogP contribution in [0.2, 0.25) is 0 Å². The fourth-order valence-electron chi connectivity index (χ4n) is 8.70. The van der Waals surface area contributed by atoms with Crippen molar-refractivity contribution in [1.29, 1.82) is 0 Å². The molecule has 0 aliphatic heterocycles. The zero-order valence-electron chi connectivity index (χ0n) is 31.2. The van der Waals surface area contributed by atoms with Crippen LogP contribution in [0.1, 0.15) is 0 Å². The maximum Gasteiger partial charge on any atom is 0.136 e. The number of anilines is 3. The lowest BCUT2D eigenvalue weighted by Gasteiger charge is -2.27. The highest BCUT2D eigenvalue weighted by Gasteiger charge is 2.23. The van der Waals surface area contributed by atoms with Gasteiger partial charge in [-0.2, -0.15) is 0 Å². The van der Waals surface area contributed by atoms with E-state index in [1.807, 2.05) is 29.5 Å². The normalized spacial score (nSPS) is 11.8. The van der Waals surface area contributed by atoms with Crippen LogP contribution in [-0.4, -0.2) is 0 Å². The Morgan fingerprint density at radius 2 is 0.879 bits per heavy atom. The van der Waals surface area contributed by atoms with Gasteiger partial charge in [0.1, 0.15) is 22.3 Å². The summed E-state index contributed by atoms with van der Waals surface area (Å²) in [4.78, 5) is 2.42. The Morgan fingerprint density at radius 1 is 0.345 bits per heavy atom. The van der Waals surface area contributed by atoms with Crippen molar-refractivity contribution in [1.82, 2.24) is 0 Å². The van der Waals surface area contributed by atoms with Gasteiger partial charge in [-0.05, 0) is 100 Å². The molecule has 0 N–H and O–H groups in total. The molecule has 0 atom stereocenters. The molecule has 4 heteroatoms. The van der Waals surface area contributed by atoms with E-state index < -0.39 is 0 Å². The highest BCUT2D eigenvalue weighted by atomic mass is 32.1. The molecule has 0 fully saturated rings.